The Balaban J connectivity index is 1.15. The highest BCUT2D eigenvalue weighted by molar-refractivity contribution is 7.17. The molecule has 0 saturated carbocycles. The molecule has 0 amide bonds. The molecule has 2 aliphatic rings. The van der Waals surface area contributed by atoms with Gasteiger partial charge in [-0.1, -0.05) is 0 Å². The van der Waals surface area contributed by atoms with Crippen LogP contribution in [0.1, 0.15) is 36.6 Å². The maximum absolute atomic E-state index is 9.58. The van der Waals surface area contributed by atoms with Crippen molar-refractivity contribution in [1.82, 2.24) is 15.1 Å². The van der Waals surface area contributed by atoms with E-state index in [4.69, 9.17) is 4.74 Å². The van der Waals surface area contributed by atoms with Crippen LogP contribution in [-0.4, -0.2) is 52.5 Å². The average Bonchev–Trinajstić information content (AvgIpc) is 3.41. The summed E-state index contributed by atoms with van der Waals surface area (Å²) >= 11 is 1.74. The van der Waals surface area contributed by atoms with Gasteiger partial charge in [0.1, 0.15) is 11.3 Å². The van der Waals surface area contributed by atoms with E-state index in [1.807, 2.05) is 0 Å². The van der Waals surface area contributed by atoms with Crippen molar-refractivity contribution in [3.63, 3.8) is 0 Å². The van der Waals surface area contributed by atoms with Gasteiger partial charge in [-0.15, -0.1) is 11.3 Å². The molecule has 3 N–H and O–H groups in total. The smallest absolute Gasteiger partial charge is 0.119 e. The van der Waals surface area contributed by atoms with Gasteiger partial charge in [-0.3, -0.25) is 5.10 Å². The number of thiophene rings is 1. The zero-order valence-corrected chi connectivity index (χ0v) is 16.7. The Morgan fingerprint density at radius 1 is 1.25 bits per heavy atom. The van der Waals surface area contributed by atoms with Crippen LogP contribution in [0.4, 0.5) is 5.69 Å². The second kappa shape index (κ2) is 7.73. The predicted octanol–water partition coefficient (Wildman–Crippen LogP) is 3.56. The highest BCUT2D eigenvalue weighted by Gasteiger charge is 2.26. The molecule has 0 aliphatic carbocycles. The summed E-state index contributed by atoms with van der Waals surface area (Å²) in [5, 5.41) is 22.9. The van der Waals surface area contributed by atoms with Gasteiger partial charge in [0.25, 0.3) is 0 Å². The molecule has 1 saturated heterocycles. The summed E-state index contributed by atoms with van der Waals surface area (Å²) in [4.78, 5) is 2.42. The van der Waals surface area contributed by atoms with Crippen molar-refractivity contribution in [2.75, 3.05) is 31.6 Å². The van der Waals surface area contributed by atoms with E-state index in [2.05, 4.69) is 50.1 Å². The van der Waals surface area contributed by atoms with Crippen LogP contribution in [0.3, 0.4) is 0 Å². The van der Waals surface area contributed by atoms with Gasteiger partial charge in [0, 0.05) is 31.7 Å². The number of benzene rings is 1. The topological polar surface area (TPSA) is 73.4 Å². The lowest BCUT2D eigenvalue weighted by Crippen LogP contribution is -2.36. The molecule has 3 aromatic rings. The molecule has 1 fully saturated rings. The lowest BCUT2D eigenvalue weighted by molar-refractivity contribution is 0.0800. The Morgan fingerprint density at radius 2 is 2.14 bits per heavy atom. The lowest BCUT2D eigenvalue weighted by Gasteiger charge is -2.29. The van der Waals surface area contributed by atoms with Gasteiger partial charge in [0.05, 0.1) is 29.1 Å². The van der Waals surface area contributed by atoms with Gasteiger partial charge < -0.3 is 20.1 Å². The van der Waals surface area contributed by atoms with Gasteiger partial charge in [-0.2, -0.15) is 5.10 Å². The van der Waals surface area contributed by atoms with Crippen LogP contribution < -0.4 is 10.1 Å². The first-order valence-electron chi connectivity index (χ1n) is 10.1. The van der Waals surface area contributed by atoms with E-state index in [9.17, 15) is 5.11 Å². The number of rotatable bonds is 6. The summed E-state index contributed by atoms with van der Waals surface area (Å²) in [5.74, 6) is 0.946. The Kier molecular flexibility index (Phi) is 4.96. The van der Waals surface area contributed by atoms with Crippen LogP contribution in [0.15, 0.2) is 29.6 Å². The number of ether oxygens (including phenoxy) is 1. The fraction of sp³-hybridized carbons (Fsp3) is 0.476. The number of nitrogens with one attached hydrogen (secondary N) is 2. The minimum atomic E-state index is -0.103. The monoisotopic (exact) mass is 398 g/mol. The van der Waals surface area contributed by atoms with Crippen LogP contribution in [0.5, 0.6) is 5.75 Å². The number of hydrogen-bond acceptors (Lipinski definition) is 6. The number of likely N-dealkylation sites (tertiary alicyclic amines) is 1. The number of aromatic nitrogens is 2. The zero-order chi connectivity index (χ0) is 18.9. The Morgan fingerprint density at radius 3 is 3.04 bits per heavy atom. The van der Waals surface area contributed by atoms with Crippen LogP contribution in [0.2, 0.25) is 0 Å². The maximum atomic E-state index is 9.58. The fourth-order valence-electron chi connectivity index (χ4n) is 4.22. The number of nitrogens with zero attached hydrogens (tertiary/aromatic N) is 2. The molecule has 2 aromatic heterocycles. The minimum Gasteiger partial charge on any atom is -0.494 e. The van der Waals surface area contributed by atoms with E-state index in [-0.39, 0.29) is 12.1 Å². The quantitative estimate of drug-likeness (QED) is 0.554. The van der Waals surface area contributed by atoms with E-state index >= 15 is 0 Å². The summed E-state index contributed by atoms with van der Waals surface area (Å²) in [6, 6.07) is 8.64. The van der Waals surface area contributed by atoms with E-state index in [1.54, 1.807) is 11.3 Å². The number of fused-ring (bicyclic) bond motifs is 2. The number of aromatic amines is 1. The number of hydrogen-bond donors (Lipinski definition) is 3. The van der Waals surface area contributed by atoms with Crippen LogP contribution in [-0.2, 0) is 6.42 Å². The number of H-pyrrole nitrogens is 1. The molecule has 2 aliphatic heterocycles. The van der Waals surface area contributed by atoms with Gasteiger partial charge in [0.15, 0.2) is 0 Å². The fourth-order valence-corrected chi connectivity index (χ4v) is 5.11. The van der Waals surface area contributed by atoms with E-state index in [0.29, 0.717) is 0 Å². The molecule has 28 heavy (non-hydrogen) atoms. The molecule has 0 bridgehead atoms. The number of aliphatic hydroxyl groups excluding tert-OH is 1. The predicted molar refractivity (Wildman–Crippen MR) is 112 cm³/mol. The van der Waals surface area contributed by atoms with Gasteiger partial charge in [0.2, 0.25) is 0 Å². The third-order valence-corrected chi connectivity index (χ3v) is 6.75. The first-order valence-corrected chi connectivity index (χ1v) is 11.0. The number of anilines is 1. The van der Waals surface area contributed by atoms with E-state index in [0.717, 1.165) is 63.2 Å². The first-order chi connectivity index (χ1) is 13.8. The molecular weight excluding hydrogens is 372 g/mol. The van der Waals surface area contributed by atoms with Crippen LogP contribution in [0.25, 0.3) is 10.2 Å². The lowest BCUT2D eigenvalue weighted by atomic mass is 10.1. The first kappa shape index (κ1) is 18.0. The van der Waals surface area contributed by atoms with Crippen molar-refractivity contribution >= 4 is 27.2 Å². The highest BCUT2D eigenvalue weighted by Crippen LogP contribution is 2.38. The summed E-state index contributed by atoms with van der Waals surface area (Å²) < 4.78 is 7.25. The summed E-state index contributed by atoms with van der Waals surface area (Å²) in [5.41, 5.74) is 4.70. The van der Waals surface area contributed by atoms with Gasteiger partial charge in [-0.05, 0) is 54.5 Å². The average molecular weight is 399 g/mol. The molecule has 5 rings (SSSR count). The zero-order valence-electron chi connectivity index (χ0n) is 15.9. The molecule has 1 aromatic carbocycles. The van der Waals surface area contributed by atoms with Crippen molar-refractivity contribution in [3.05, 3.63) is 40.9 Å². The van der Waals surface area contributed by atoms with E-state index in [1.165, 1.54) is 21.6 Å². The SMILES string of the molecule is OC1CCN(CCCOc2ccc3c(c2)CC(c2[nH]nc4ccsc24)N3)CC1. The Bertz CT molecular complexity index is 945. The van der Waals surface area contributed by atoms with Crippen molar-refractivity contribution in [1.29, 1.82) is 0 Å². The minimum absolute atomic E-state index is 0.103. The molecule has 4 heterocycles. The second-order valence-corrected chi connectivity index (χ2v) is 8.68. The van der Waals surface area contributed by atoms with Crippen molar-refractivity contribution in [2.45, 2.75) is 37.8 Å². The third-order valence-electron chi connectivity index (χ3n) is 5.81. The van der Waals surface area contributed by atoms with Crippen molar-refractivity contribution in [3.8, 4) is 5.75 Å². The number of aliphatic hydroxyl groups is 1. The van der Waals surface area contributed by atoms with Gasteiger partial charge >= 0.3 is 0 Å². The van der Waals surface area contributed by atoms with Crippen molar-refractivity contribution in [2.24, 2.45) is 0 Å². The molecule has 1 atom stereocenters. The summed E-state index contributed by atoms with van der Waals surface area (Å²) in [7, 11) is 0. The molecule has 148 valence electrons. The van der Waals surface area contributed by atoms with Crippen molar-refractivity contribution < 1.29 is 9.84 Å². The largest absolute Gasteiger partial charge is 0.494 e. The maximum Gasteiger partial charge on any atom is 0.119 e. The molecule has 0 radical (unpaired) electrons. The number of piperidine rings is 1. The Hall–Kier alpha value is -2.09. The molecular formula is C21H26N4O2S. The second-order valence-electron chi connectivity index (χ2n) is 7.77. The molecule has 6 nitrogen and oxygen atoms in total. The van der Waals surface area contributed by atoms with E-state index < -0.39 is 0 Å². The third kappa shape index (κ3) is 3.62. The molecule has 1 unspecified atom stereocenters. The van der Waals surface area contributed by atoms with Crippen LogP contribution in [0, 0.1) is 0 Å². The normalized spacial score (nSPS) is 20.4. The van der Waals surface area contributed by atoms with Gasteiger partial charge in [-0.25, -0.2) is 0 Å². The standard InChI is InChI=1S/C21H26N4O2S/c26-15-4-8-25(9-5-15)7-1-10-27-16-2-3-17-14(12-16)13-19(22-17)20-21-18(23-24-20)6-11-28-21/h2-3,6,11-12,15,19,22,26H,1,4-5,7-10,13H2,(H,23,24). The highest BCUT2D eigenvalue weighted by atomic mass is 32.1. The summed E-state index contributed by atoms with van der Waals surface area (Å²) in [6.07, 6.45) is 3.65. The molecule has 0 spiro atoms. The van der Waals surface area contributed by atoms with Crippen LogP contribution >= 0.6 is 11.3 Å². The molecule has 7 heteroatoms. The summed E-state index contributed by atoms with van der Waals surface area (Å²) in [6.45, 7) is 3.76. The Labute approximate surface area is 168 Å².